The minimum absolute atomic E-state index is 0.349. The fourth-order valence-corrected chi connectivity index (χ4v) is 1.05. The van der Waals surface area contributed by atoms with Crippen LogP contribution in [-0.4, -0.2) is 10.2 Å². The van der Waals surface area contributed by atoms with E-state index in [4.69, 9.17) is 21.8 Å². The molecule has 0 atom stereocenters. The van der Waals surface area contributed by atoms with Crippen LogP contribution in [0.5, 0.6) is 0 Å². The monoisotopic (exact) mass is 236 g/mol. The average molecular weight is 237 g/mol. The third-order valence-corrected chi connectivity index (χ3v) is 1.92. The van der Waals surface area contributed by atoms with Crippen molar-refractivity contribution in [3.05, 3.63) is 34.9 Å². The number of aliphatic hydroxyl groups is 2. The van der Waals surface area contributed by atoms with Gasteiger partial charge in [-0.15, -0.1) is 0 Å². The van der Waals surface area contributed by atoms with Crippen molar-refractivity contribution in [1.29, 1.82) is 0 Å². The molecule has 0 aliphatic heterocycles. The number of alkyl halides is 1. The van der Waals surface area contributed by atoms with Gasteiger partial charge in [0, 0.05) is 10.6 Å². The van der Waals surface area contributed by atoms with Crippen LogP contribution in [0, 0.1) is 0 Å². The first-order chi connectivity index (χ1) is 5.00. The van der Waals surface area contributed by atoms with E-state index in [1.54, 1.807) is 12.1 Å². The minimum atomic E-state index is -1.96. The first-order valence-corrected chi connectivity index (χ1v) is 4.07. The van der Waals surface area contributed by atoms with Crippen LogP contribution in [0.2, 0.25) is 5.02 Å². The Morgan fingerprint density at radius 3 is 2.00 bits per heavy atom. The summed E-state index contributed by atoms with van der Waals surface area (Å²) in [5.41, 5.74) is 0.349. The van der Waals surface area contributed by atoms with Gasteiger partial charge in [0.05, 0.1) is 0 Å². The van der Waals surface area contributed by atoms with Crippen molar-refractivity contribution in [1.82, 2.24) is 0 Å². The highest BCUT2D eigenvalue weighted by Gasteiger charge is 2.20. The zero-order valence-corrected chi connectivity index (χ0v) is 7.80. The SMILES string of the molecule is OC(O)(Br)c1ccc(Cl)cc1. The van der Waals surface area contributed by atoms with E-state index >= 15 is 0 Å². The second kappa shape index (κ2) is 3.11. The van der Waals surface area contributed by atoms with Gasteiger partial charge in [0.15, 0.2) is 0 Å². The van der Waals surface area contributed by atoms with Crippen molar-refractivity contribution in [3.8, 4) is 0 Å². The van der Waals surface area contributed by atoms with Crippen LogP contribution in [0.4, 0.5) is 0 Å². The van der Waals surface area contributed by atoms with Crippen LogP contribution in [0.15, 0.2) is 24.3 Å². The zero-order chi connectivity index (χ0) is 8.48. The van der Waals surface area contributed by atoms with Crippen molar-refractivity contribution < 1.29 is 10.2 Å². The van der Waals surface area contributed by atoms with Crippen LogP contribution >= 0.6 is 27.5 Å². The van der Waals surface area contributed by atoms with Crippen LogP contribution < -0.4 is 0 Å². The van der Waals surface area contributed by atoms with Gasteiger partial charge in [-0.2, -0.15) is 0 Å². The number of hydrogen-bond acceptors (Lipinski definition) is 2. The lowest BCUT2D eigenvalue weighted by Gasteiger charge is -2.12. The number of rotatable bonds is 1. The summed E-state index contributed by atoms with van der Waals surface area (Å²) in [6, 6.07) is 6.22. The van der Waals surface area contributed by atoms with Gasteiger partial charge in [-0.1, -0.05) is 23.7 Å². The first kappa shape index (κ1) is 9.00. The van der Waals surface area contributed by atoms with E-state index < -0.39 is 4.70 Å². The van der Waals surface area contributed by atoms with Crippen molar-refractivity contribution >= 4 is 27.5 Å². The normalized spacial score (nSPS) is 11.6. The lowest BCUT2D eigenvalue weighted by Crippen LogP contribution is -2.14. The smallest absolute Gasteiger partial charge is 0.249 e. The Bertz CT molecular complexity index is 240. The van der Waals surface area contributed by atoms with Crippen LogP contribution in [0.3, 0.4) is 0 Å². The van der Waals surface area contributed by atoms with E-state index in [1.807, 2.05) is 0 Å². The molecule has 1 aromatic carbocycles. The predicted molar refractivity (Wildman–Crippen MR) is 46.5 cm³/mol. The molecule has 2 N–H and O–H groups in total. The quantitative estimate of drug-likeness (QED) is 0.578. The summed E-state index contributed by atoms with van der Waals surface area (Å²) in [4.78, 5) is 0. The Kier molecular flexibility index (Phi) is 2.54. The Labute approximate surface area is 77.6 Å². The third kappa shape index (κ3) is 2.45. The van der Waals surface area contributed by atoms with Gasteiger partial charge >= 0.3 is 0 Å². The largest absolute Gasteiger partial charge is 0.353 e. The van der Waals surface area contributed by atoms with Gasteiger partial charge in [-0.25, -0.2) is 0 Å². The molecule has 4 heteroatoms. The second-order valence-corrected chi connectivity index (χ2v) is 3.64. The van der Waals surface area contributed by atoms with E-state index in [2.05, 4.69) is 15.9 Å². The van der Waals surface area contributed by atoms with Crippen LogP contribution in [-0.2, 0) is 4.70 Å². The molecule has 0 saturated carbocycles. The Balaban J connectivity index is 2.99. The number of halogens is 2. The van der Waals surface area contributed by atoms with Gasteiger partial charge < -0.3 is 10.2 Å². The van der Waals surface area contributed by atoms with Crippen molar-refractivity contribution in [2.45, 2.75) is 4.70 Å². The maximum atomic E-state index is 9.01. The van der Waals surface area contributed by atoms with Gasteiger partial charge in [-0.3, -0.25) is 0 Å². The van der Waals surface area contributed by atoms with Crippen molar-refractivity contribution in [3.63, 3.8) is 0 Å². The predicted octanol–water partition coefficient (Wildman–Crippen LogP) is 1.83. The third-order valence-electron chi connectivity index (χ3n) is 1.21. The molecule has 0 radical (unpaired) electrons. The summed E-state index contributed by atoms with van der Waals surface area (Å²) in [6.45, 7) is 0. The Hall–Kier alpha value is -0.0900. The molecule has 0 bridgehead atoms. The van der Waals surface area contributed by atoms with E-state index in [0.717, 1.165) is 0 Å². The van der Waals surface area contributed by atoms with E-state index in [9.17, 15) is 0 Å². The van der Waals surface area contributed by atoms with Crippen molar-refractivity contribution in [2.24, 2.45) is 0 Å². The highest BCUT2D eigenvalue weighted by atomic mass is 79.9. The molecule has 0 amide bonds. The molecule has 1 rings (SSSR count). The topological polar surface area (TPSA) is 40.5 Å². The lowest BCUT2D eigenvalue weighted by molar-refractivity contribution is -0.0741. The molecule has 0 unspecified atom stereocenters. The maximum absolute atomic E-state index is 9.01. The zero-order valence-electron chi connectivity index (χ0n) is 5.46. The molecular formula is C7H6BrClO2. The summed E-state index contributed by atoms with van der Waals surface area (Å²) < 4.78 is -1.96. The highest BCUT2D eigenvalue weighted by molar-refractivity contribution is 9.09. The average Bonchev–Trinajstić information content (AvgIpc) is 1.86. The molecule has 0 spiro atoms. The van der Waals surface area contributed by atoms with E-state index in [0.29, 0.717) is 10.6 Å². The molecule has 0 aliphatic carbocycles. The summed E-state index contributed by atoms with van der Waals surface area (Å²) >= 11 is 8.26. The van der Waals surface area contributed by atoms with Gasteiger partial charge in [-0.05, 0) is 28.1 Å². The Morgan fingerprint density at radius 1 is 1.18 bits per heavy atom. The van der Waals surface area contributed by atoms with Crippen LogP contribution in [0.25, 0.3) is 0 Å². The Morgan fingerprint density at radius 2 is 1.64 bits per heavy atom. The van der Waals surface area contributed by atoms with Gasteiger partial charge in [0.2, 0.25) is 4.70 Å². The molecule has 0 aromatic heterocycles. The van der Waals surface area contributed by atoms with E-state index in [1.165, 1.54) is 12.1 Å². The van der Waals surface area contributed by atoms with Gasteiger partial charge in [0.25, 0.3) is 0 Å². The fraction of sp³-hybridized carbons (Fsp3) is 0.143. The minimum Gasteiger partial charge on any atom is -0.353 e. The molecular weight excluding hydrogens is 231 g/mol. The standard InChI is InChI=1S/C7H6BrClO2/c8-7(10,11)5-1-3-6(9)4-2-5/h1-4,10-11H. The van der Waals surface area contributed by atoms with Gasteiger partial charge in [0.1, 0.15) is 0 Å². The molecule has 2 nitrogen and oxygen atoms in total. The van der Waals surface area contributed by atoms with Crippen LogP contribution in [0.1, 0.15) is 5.56 Å². The second-order valence-electron chi connectivity index (χ2n) is 2.09. The fourth-order valence-electron chi connectivity index (χ4n) is 0.662. The molecule has 0 fully saturated rings. The highest BCUT2D eigenvalue weighted by Crippen LogP contribution is 2.25. The molecule has 60 valence electrons. The molecule has 0 saturated heterocycles. The van der Waals surface area contributed by atoms with E-state index in [-0.39, 0.29) is 0 Å². The maximum Gasteiger partial charge on any atom is 0.249 e. The summed E-state index contributed by atoms with van der Waals surface area (Å²) in [7, 11) is 0. The first-order valence-electron chi connectivity index (χ1n) is 2.90. The molecule has 0 heterocycles. The summed E-state index contributed by atoms with van der Waals surface area (Å²) in [5.74, 6) is 0. The van der Waals surface area contributed by atoms with Crippen molar-refractivity contribution in [2.75, 3.05) is 0 Å². The number of benzene rings is 1. The number of hydrogen-bond donors (Lipinski definition) is 2. The molecule has 11 heavy (non-hydrogen) atoms. The molecule has 1 aromatic rings. The lowest BCUT2D eigenvalue weighted by atomic mass is 10.2. The summed E-state index contributed by atoms with van der Waals surface area (Å²) in [5, 5.41) is 18.6. The molecule has 0 aliphatic rings. The summed E-state index contributed by atoms with van der Waals surface area (Å²) in [6.07, 6.45) is 0.